The Hall–Kier alpha value is -2.66. The highest BCUT2D eigenvalue weighted by Gasteiger charge is 2.24. The lowest BCUT2D eigenvalue weighted by Gasteiger charge is -2.25. The van der Waals surface area contributed by atoms with Gasteiger partial charge in [0, 0.05) is 32.2 Å². The average molecular weight is 339 g/mol. The molecular formula is C20H25N3O2. The number of nitrogens with zero attached hydrogens (tertiary/aromatic N) is 1. The van der Waals surface area contributed by atoms with Gasteiger partial charge in [0.25, 0.3) is 5.91 Å². The molecule has 0 heterocycles. The highest BCUT2D eigenvalue weighted by atomic mass is 16.2. The molecule has 2 aromatic carbocycles. The molecule has 0 aliphatic heterocycles. The predicted molar refractivity (Wildman–Crippen MR) is 98.8 cm³/mol. The largest absolute Gasteiger partial charge is 0.355 e. The predicted octanol–water partition coefficient (Wildman–Crippen LogP) is 2.34. The first-order valence-corrected chi connectivity index (χ1v) is 8.30. The molecule has 2 amide bonds. The number of hydrogen-bond acceptors (Lipinski definition) is 3. The van der Waals surface area contributed by atoms with Crippen molar-refractivity contribution in [2.45, 2.75) is 19.5 Å². The molecule has 0 bridgehead atoms. The van der Waals surface area contributed by atoms with Crippen LogP contribution in [0, 0.1) is 5.92 Å². The summed E-state index contributed by atoms with van der Waals surface area (Å²) in [6.07, 6.45) is 0. The molecular weight excluding hydrogens is 314 g/mol. The third-order valence-corrected chi connectivity index (χ3v) is 4.35. The molecule has 2 rings (SSSR count). The molecule has 25 heavy (non-hydrogen) atoms. The first kappa shape index (κ1) is 18.7. The second kappa shape index (κ2) is 8.44. The molecule has 2 unspecified atom stereocenters. The number of nitrogens with two attached hydrogens (primary N) is 1. The number of benzene rings is 2. The Labute approximate surface area is 148 Å². The van der Waals surface area contributed by atoms with Gasteiger partial charge in [-0.05, 0) is 23.3 Å². The Balaban J connectivity index is 2.01. The molecule has 2 aromatic rings. The molecule has 3 N–H and O–H groups in total. The number of carbonyl (C=O) groups is 2. The van der Waals surface area contributed by atoms with Crippen LogP contribution in [-0.2, 0) is 11.3 Å². The molecule has 2 atom stereocenters. The molecule has 0 aromatic heterocycles. The van der Waals surface area contributed by atoms with Gasteiger partial charge in [0.1, 0.15) is 0 Å². The van der Waals surface area contributed by atoms with Crippen LogP contribution in [0.3, 0.4) is 0 Å². The van der Waals surface area contributed by atoms with Crippen molar-refractivity contribution in [1.82, 2.24) is 10.2 Å². The van der Waals surface area contributed by atoms with Gasteiger partial charge in [0.2, 0.25) is 5.91 Å². The van der Waals surface area contributed by atoms with Crippen molar-refractivity contribution in [1.29, 1.82) is 0 Å². The molecule has 0 saturated heterocycles. The van der Waals surface area contributed by atoms with E-state index in [1.54, 1.807) is 31.1 Å². The molecule has 0 spiro atoms. The molecule has 0 aliphatic carbocycles. The Morgan fingerprint density at radius 1 is 1.08 bits per heavy atom. The number of amides is 2. The average Bonchev–Trinajstić information content (AvgIpc) is 2.66. The van der Waals surface area contributed by atoms with E-state index in [9.17, 15) is 9.59 Å². The van der Waals surface area contributed by atoms with E-state index in [4.69, 9.17) is 5.73 Å². The fourth-order valence-electron chi connectivity index (χ4n) is 2.72. The van der Waals surface area contributed by atoms with Crippen LogP contribution in [0.15, 0.2) is 54.6 Å². The normalized spacial score (nSPS) is 13.0. The van der Waals surface area contributed by atoms with Crippen LogP contribution in [0.4, 0.5) is 0 Å². The number of rotatable bonds is 6. The highest BCUT2D eigenvalue weighted by Crippen LogP contribution is 2.21. The van der Waals surface area contributed by atoms with Crippen LogP contribution in [0.25, 0.3) is 0 Å². The number of carbonyl (C=O) groups excluding carboxylic acids is 2. The standard InChI is InChI=1S/C20H25N3O2/c1-14(18(21)16-7-5-4-6-8-16)20(25)23(3)13-15-9-11-17(12-10-15)19(24)22-2/h4-12,14,18H,13,21H2,1-3H3,(H,22,24). The lowest BCUT2D eigenvalue weighted by atomic mass is 9.94. The summed E-state index contributed by atoms with van der Waals surface area (Å²) < 4.78 is 0. The topological polar surface area (TPSA) is 75.4 Å². The maximum atomic E-state index is 12.7. The molecule has 5 nitrogen and oxygen atoms in total. The van der Waals surface area contributed by atoms with Crippen molar-refractivity contribution in [3.05, 3.63) is 71.3 Å². The lowest BCUT2D eigenvalue weighted by molar-refractivity contribution is -0.134. The zero-order chi connectivity index (χ0) is 18.4. The van der Waals surface area contributed by atoms with E-state index in [0.29, 0.717) is 12.1 Å². The van der Waals surface area contributed by atoms with Crippen molar-refractivity contribution in [2.75, 3.05) is 14.1 Å². The van der Waals surface area contributed by atoms with Crippen LogP contribution in [0.2, 0.25) is 0 Å². The van der Waals surface area contributed by atoms with Crippen LogP contribution < -0.4 is 11.1 Å². The molecule has 132 valence electrons. The molecule has 0 radical (unpaired) electrons. The second-order valence-electron chi connectivity index (χ2n) is 6.20. The van der Waals surface area contributed by atoms with Crippen LogP contribution >= 0.6 is 0 Å². The van der Waals surface area contributed by atoms with Crippen molar-refractivity contribution < 1.29 is 9.59 Å². The Morgan fingerprint density at radius 3 is 2.24 bits per heavy atom. The van der Waals surface area contributed by atoms with Gasteiger partial charge in [-0.25, -0.2) is 0 Å². The van der Waals surface area contributed by atoms with Gasteiger partial charge in [-0.2, -0.15) is 0 Å². The summed E-state index contributed by atoms with van der Waals surface area (Å²) in [7, 11) is 3.36. The van der Waals surface area contributed by atoms with Crippen LogP contribution in [0.5, 0.6) is 0 Å². The van der Waals surface area contributed by atoms with E-state index in [2.05, 4.69) is 5.32 Å². The minimum Gasteiger partial charge on any atom is -0.355 e. The first-order chi connectivity index (χ1) is 11.9. The number of hydrogen-bond donors (Lipinski definition) is 2. The van der Waals surface area contributed by atoms with Gasteiger partial charge >= 0.3 is 0 Å². The first-order valence-electron chi connectivity index (χ1n) is 8.30. The highest BCUT2D eigenvalue weighted by molar-refractivity contribution is 5.93. The summed E-state index contributed by atoms with van der Waals surface area (Å²) in [5.41, 5.74) is 8.76. The quantitative estimate of drug-likeness (QED) is 0.848. The summed E-state index contributed by atoms with van der Waals surface area (Å²) in [5.74, 6) is -0.456. The van der Waals surface area contributed by atoms with Gasteiger partial charge < -0.3 is 16.0 Å². The van der Waals surface area contributed by atoms with E-state index in [-0.39, 0.29) is 23.8 Å². The molecule has 0 aliphatic rings. The SMILES string of the molecule is CNC(=O)c1ccc(CN(C)C(=O)C(C)C(N)c2ccccc2)cc1. The van der Waals surface area contributed by atoms with Gasteiger partial charge in [0.15, 0.2) is 0 Å². The molecule has 5 heteroatoms. The minimum absolute atomic E-state index is 0.00766. The van der Waals surface area contributed by atoms with E-state index in [1.807, 2.05) is 49.4 Å². The fourth-order valence-corrected chi connectivity index (χ4v) is 2.72. The third-order valence-electron chi connectivity index (χ3n) is 4.35. The maximum Gasteiger partial charge on any atom is 0.251 e. The summed E-state index contributed by atoms with van der Waals surface area (Å²) in [5, 5.41) is 2.59. The summed E-state index contributed by atoms with van der Waals surface area (Å²) in [6, 6.07) is 16.5. The van der Waals surface area contributed by atoms with Gasteiger partial charge in [-0.3, -0.25) is 9.59 Å². The van der Waals surface area contributed by atoms with Crippen molar-refractivity contribution in [3.63, 3.8) is 0 Å². The second-order valence-corrected chi connectivity index (χ2v) is 6.20. The monoisotopic (exact) mass is 339 g/mol. The summed E-state index contributed by atoms with van der Waals surface area (Å²) >= 11 is 0. The number of nitrogens with one attached hydrogen (secondary N) is 1. The minimum atomic E-state index is -0.341. The Morgan fingerprint density at radius 2 is 1.68 bits per heavy atom. The van der Waals surface area contributed by atoms with Crippen molar-refractivity contribution >= 4 is 11.8 Å². The molecule has 0 saturated carbocycles. The Kier molecular flexibility index (Phi) is 6.31. The smallest absolute Gasteiger partial charge is 0.251 e. The lowest BCUT2D eigenvalue weighted by Crippen LogP contribution is -2.36. The maximum absolute atomic E-state index is 12.7. The summed E-state index contributed by atoms with van der Waals surface area (Å²) in [4.78, 5) is 25.9. The van der Waals surface area contributed by atoms with Gasteiger partial charge in [0.05, 0.1) is 5.92 Å². The summed E-state index contributed by atoms with van der Waals surface area (Å²) in [6.45, 7) is 2.32. The van der Waals surface area contributed by atoms with Gasteiger partial charge in [-0.1, -0.05) is 49.4 Å². The zero-order valence-electron chi connectivity index (χ0n) is 14.9. The van der Waals surface area contributed by atoms with E-state index in [0.717, 1.165) is 11.1 Å². The van der Waals surface area contributed by atoms with Gasteiger partial charge in [-0.15, -0.1) is 0 Å². The van der Waals surface area contributed by atoms with E-state index < -0.39 is 0 Å². The van der Waals surface area contributed by atoms with Crippen molar-refractivity contribution in [2.24, 2.45) is 11.7 Å². The fraction of sp³-hybridized carbons (Fsp3) is 0.300. The molecule has 0 fully saturated rings. The van der Waals surface area contributed by atoms with Crippen molar-refractivity contribution in [3.8, 4) is 0 Å². The van der Waals surface area contributed by atoms with Crippen LogP contribution in [0.1, 0.15) is 34.5 Å². The van der Waals surface area contributed by atoms with E-state index in [1.165, 1.54) is 0 Å². The zero-order valence-corrected chi connectivity index (χ0v) is 14.9. The van der Waals surface area contributed by atoms with E-state index >= 15 is 0 Å². The Bertz CT molecular complexity index is 713. The third kappa shape index (κ3) is 4.67. The van der Waals surface area contributed by atoms with Crippen LogP contribution in [-0.4, -0.2) is 30.8 Å².